The van der Waals surface area contributed by atoms with Gasteiger partial charge in [-0.25, -0.2) is 8.42 Å². The summed E-state index contributed by atoms with van der Waals surface area (Å²) >= 11 is 6.54. The SMILES string of the molecule is O=C(NC1CCCCC1)[C@H](Cc1ccccc1)N(Cc1ccccc1)C(=O)CN(c1ccccc1Cl)S(=O)(=O)c1ccccc1. The van der Waals surface area contributed by atoms with Crippen molar-refractivity contribution in [3.05, 3.63) is 131 Å². The number of nitrogens with zero attached hydrogens (tertiary/aromatic N) is 2. The Morgan fingerprint density at radius 3 is 1.93 bits per heavy atom. The normalized spacial score (nSPS) is 14.3. The number of hydrogen-bond donors (Lipinski definition) is 1. The Hall–Kier alpha value is -4.14. The number of hydrogen-bond acceptors (Lipinski definition) is 4. The van der Waals surface area contributed by atoms with E-state index < -0.39 is 28.5 Å². The van der Waals surface area contributed by atoms with Gasteiger partial charge in [0.15, 0.2) is 0 Å². The van der Waals surface area contributed by atoms with E-state index in [4.69, 9.17) is 11.6 Å². The largest absolute Gasteiger partial charge is 0.352 e. The molecule has 234 valence electrons. The molecule has 0 spiro atoms. The van der Waals surface area contributed by atoms with E-state index in [1.54, 1.807) is 42.5 Å². The third-order valence-electron chi connectivity index (χ3n) is 8.15. The van der Waals surface area contributed by atoms with Gasteiger partial charge in [0.1, 0.15) is 12.6 Å². The van der Waals surface area contributed by atoms with Crippen LogP contribution in [0.1, 0.15) is 43.2 Å². The van der Waals surface area contributed by atoms with Gasteiger partial charge in [0.05, 0.1) is 15.6 Å². The van der Waals surface area contributed by atoms with E-state index in [2.05, 4.69) is 5.32 Å². The maximum absolute atomic E-state index is 14.5. The fourth-order valence-corrected chi connectivity index (χ4v) is 7.51. The molecule has 1 saturated carbocycles. The van der Waals surface area contributed by atoms with Gasteiger partial charge in [-0.2, -0.15) is 0 Å². The summed E-state index contributed by atoms with van der Waals surface area (Å²) in [5.74, 6) is -0.761. The summed E-state index contributed by atoms with van der Waals surface area (Å²) in [4.78, 5) is 30.2. The Labute approximate surface area is 270 Å². The number of para-hydroxylation sites is 1. The summed E-state index contributed by atoms with van der Waals surface area (Å²) in [6, 6.07) is 32.7. The molecule has 9 heteroatoms. The van der Waals surface area contributed by atoms with Crippen molar-refractivity contribution in [3.8, 4) is 0 Å². The van der Waals surface area contributed by atoms with Crippen LogP contribution >= 0.6 is 11.6 Å². The van der Waals surface area contributed by atoms with Crippen molar-refractivity contribution in [1.29, 1.82) is 0 Å². The van der Waals surface area contributed by atoms with Crippen LogP contribution in [0.2, 0.25) is 5.02 Å². The molecule has 0 aromatic heterocycles. The Kier molecular flexibility index (Phi) is 10.9. The number of carbonyl (C=O) groups is 2. The van der Waals surface area contributed by atoms with E-state index in [1.807, 2.05) is 60.7 Å². The molecule has 4 aromatic rings. The standard InChI is InChI=1S/C36H38ClN3O4S/c37-32-23-13-14-24-33(32)40(45(43,44)31-21-11-4-12-22-31)27-35(41)39(26-29-17-7-2-8-18-29)34(25-28-15-5-1-6-16-28)36(42)38-30-19-9-3-10-20-30/h1-2,4-8,11-18,21-24,30,34H,3,9-10,19-20,25-27H2,(H,38,42)/t34-/m0/s1. The van der Waals surface area contributed by atoms with E-state index in [0.717, 1.165) is 47.5 Å². The maximum atomic E-state index is 14.5. The molecule has 0 heterocycles. The molecule has 5 rings (SSSR count). The van der Waals surface area contributed by atoms with Crippen LogP contribution < -0.4 is 9.62 Å². The first-order valence-electron chi connectivity index (χ1n) is 15.3. The van der Waals surface area contributed by atoms with Gasteiger partial charge in [-0.1, -0.05) is 122 Å². The summed E-state index contributed by atoms with van der Waals surface area (Å²) in [7, 11) is -4.20. The lowest BCUT2D eigenvalue weighted by atomic mass is 9.94. The zero-order valence-electron chi connectivity index (χ0n) is 25.1. The minimum atomic E-state index is -4.20. The molecule has 45 heavy (non-hydrogen) atoms. The Bertz CT molecular complexity index is 1660. The van der Waals surface area contributed by atoms with Crippen LogP contribution in [0, 0.1) is 0 Å². The lowest BCUT2D eigenvalue weighted by Gasteiger charge is -2.35. The molecule has 0 radical (unpaired) electrons. The second-order valence-corrected chi connectivity index (χ2v) is 13.6. The number of sulfonamides is 1. The van der Waals surface area contributed by atoms with Crippen LogP contribution in [-0.2, 0) is 32.6 Å². The number of carbonyl (C=O) groups excluding carboxylic acids is 2. The highest BCUT2D eigenvalue weighted by Crippen LogP contribution is 2.31. The zero-order chi connectivity index (χ0) is 31.6. The average molecular weight is 644 g/mol. The monoisotopic (exact) mass is 643 g/mol. The minimum Gasteiger partial charge on any atom is -0.352 e. The topological polar surface area (TPSA) is 86.8 Å². The Balaban J connectivity index is 1.55. The third kappa shape index (κ3) is 8.32. The Morgan fingerprint density at radius 1 is 0.756 bits per heavy atom. The van der Waals surface area contributed by atoms with Crippen LogP contribution in [0.5, 0.6) is 0 Å². The van der Waals surface area contributed by atoms with Crippen molar-refractivity contribution in [2.75, 3.05) is 10.8 Å². The molecule has 1 aliphatic rings. The number of anilines is 1. The van der Waals surface area contributed by atoms with Crippen molar-refractivity contribution in [2.45, 2.75) is 62.0 Å². The van der Waals surface area contributed by atoms with Crippen LogP contribution in [0.15, 0.2) is 120 Å². The molecular formula is C36H38ClN3O4S. The summed E-state index contributed by atoms with van der Waals surface area (Å²) in [5.41, 5.74) is 1.90. The number of benzene rings is 4. The first-order chi connectivity index (χ1) is 21.8. The molecule has 1 fully saturated rings. The predicted octanol–water partition coefficient (Wildman–Crippen LogP) is 6.62. The molecule has 7 nitrogen and oxygen atoms in total. The van der Waals surface area contributed by atoms with Crippen molar-refractivity contribution in [3.63, 3.8) is 0 Å². The molecule has 0 saturated heterocycles. The molecule has 2 amide bonds. The van der Waals surface area contributed by atoms with Gasteiger partial charge in [0, 0.05) is 19.0 Å². The van der Waals surface area contributed by atoms with Gasteiger partial charge < -0.3 is 10.2 Å². The van der Waals surface area contributed by atoms with E-state index in [-0.39, 0.29) is 40.5 Å². The van der Waals surface area contributed by atoms with Crippen molar-refractivity contribution in [1.82, 2.24) is 10.2 Å². The van der Waals surface area contributed by atoms with Crippen LogP contribution in [0.4, 0.5) is 5.69 Å². The van der Waals surface area contributed by atoms with Gasteiger partial charge in [0.25, 0.3) is 10.0 Å². The van der Waals surface area contributed by atoms with E-state index in [9.17, 15) is 18.0 Å². The lowest BCUT2D eigenvalue weighted by molar-refractivity contribution is -0.140. The second-order valence-electron chi connectivity index (χ2n) is 11.3. The molecule has 0 bridgehead atoms. The first kappa shape index (κ1) is 32.3. The zero-order valence-corrected chi connectivity index (χ0v) is 26.7. The summed E-state index contributed by atoms with van der Waals surface area (Å²) in [6.07, 6.45) is 5.30. The van der Waals surface area contributed by atoms with Gasteiger partial charge in [-0.15, -0.1) is 0 Å². The fourth-order valence-electron chi connectivity index (χ4n) is 5.77. The third-order valence-corrected chi connectivity index (χ3v) is 10.2. The van der Waals surface area contributed by atoms with Gasteiger partial charge in [-0.3, -0.25) is 13.9 Å². The molecule has 1 N–H and O–H groups in total. The van der Waals surface area contributed by atoms with Crippen LogP contribution in [-0.4, -0.2) is 43.8 Å². The van der Waals surface area contributed by atoms with Crippen molar-refractivity contribution >= 4 is 39.1 Å². The lowest BCUT2D eigenvalue weighted by Crippen LogP contribution is -2.55. The molecule has 4 aromatic carbocycles. The summed E-state index contributed by atoms with van der Waals surface area (Å²) < 4.78 is 29.2. The van der Waals surface area contributed by atoms with E-state index in [1.165, 1.54) is 17.0 Å². The maximum Gasteiger partial charge on any atom is 0.264 e. The number of amides is 2. The molecular weight excluding hydrogens is 606 g/mol. The summed E-state index contributed by atoms with van der Waals surface area (Å²) in [6.45, 7) is -0.424. The van der Waals surface area contributed by atoms with Crippen LogP contribution in [0.3, 0.4) is 0 Å². The first-order valence-corrected chi connectivity index (χ1v) is 17.1. The fraction of sp³-hybridized carbons (Fsp3) is 0.278. The van der Waals surface area contributed by atoms with Crippen molar-refractivity contribution in [2.24, 2.45) is 0 Å². The summed E-state index contributed by atoms with van der Waals surface area (Å²) in [5, 5.41) is 3.41. The number of nitrogens with one attached hydrogen (secondary N) is 1. The smallest absolute Gasteiger partial charge is 0.264 e. The highest BCUT2D eigenvalue weighted by molar-refractivity contribution is 7.92. The van der Waals surface area contributed by atoms with Gasteiger partial charge >= 0.3 is 0 Å². The van der Waals surface area contributed by atoms with Crippen molar-refractivity contribution < 1.29 is 18.0 Å². The molecule has 0 unspecified atom stereocenters. The number of halogens is 1. The molecule has 1 atom stereocenters. The quantitative estimate of drug-likeness (QED) is 0.188. The molecule has 0 aliphatic heterocycles. The average Bonchev–Trinajstić information content (AvgIpc) is 3.07. The minimum absolute atomic E-state index is 0.0307. The van der Waals surface area contributed by atoms with Gasteiger partial charge in [-0.05, 0) is 48.2 Å². The molecule has 1 aliphatic carbocycles. The number of rotatable bonds is 12. The highest BCUT2D eigenvalue weighted by atomic mass is 35.5. The van der Waals surface area contributed by atoms with E-state index >= 15 is 0 Å². The van der Waals surface area contributed by atoms with E-state index in [0.29, 0.717) is 0 Å². The second kappa shape index (κ2) is 15.2. The van der Waals surface area contributed by atoms with Crippen LogP contribution in [0.25, 0.3) is 0 Å². The van der Waals surface area contributed by atoms with Gasteiger partial charge in [0.2, 0.25) is 11.8 Å². The highest BCUT2D eigenvalue weighted by Gasteiger charge is 2.35. The predicted molar refractivity (Wildman–Crippen MR) is 178 cm³/mol. The Morgan fingerprint density at radius 2 is 1.31 bits per heavy atom.